The molecule has 1 aliphatic rings. The molecule has 0 radical (unpaired) electrons. The number of hydrogen-bond acceptors (Lipinski definition) is 6. The summed E-state index contributed by atoms with van der Waals surface area (Å²) in [5, 5.41) is 20.1. The van der Waals surface area contributed by atoms with Crippen LogP contribution in [-0.2, 0) is 4.79 Å². The summed E-state index contributed by atoms with van der Waals surface area (Å²) in [6.45, 7) is 1.78. The van der Waals surface area contributed by atoms with Crippen LogP contribution >= 0.6 is 23.1 Å². The van der Waals surface area contributed by atoms with E-state index >= 15 is 0 Å². The number of carbonyl (C=O) groups is 2. The molecule has 7 nitrogen and oxygen atoms in total. The van der Waals surface area contributed by atoms with Gasteiger partial charge in [-0.1, -0.05) is 11.3 Å². The van der Waals surface area contributed by atoms with E-state index in [-0.39, 0.29) is 0 Å². The number of carbonyl (C=O) groups excluding carboxylic acids is 1. The Morgan fingerprint density at radius 1 is 1.53 bits per heavy atom. The van der Waals surface area contributed by atoms with E-state index in [4.69, 9.17) is 5.11 Å². The van der Waals surface area contributed by atoms with Gasteiger partial charge in [0, 0.05) is 5.75 Å². The highest BCUT2D eigenvalue weighted by Crippen LogP contribution is 2.22. The minimum atomic E-state index is -0.987. The lowest BCUT2D eigenvalue weighted by atomic mass is 10.3. The summed E-state index contributed by atoms with van der Waals surface area (Å²) in [4.78, 5) is 24.0. The van der Waals surface area contributed by atoms with E-state index in [1.807, 2.05) is 0 Å². The Kier molecular flexibility index (Phi) is 3.48. The van der Waals surface area contributed by atoms with Crippen molar-refractivity contribution < 1.29 is 14.7 Å². The molecule has 2 amide bonds. The van der Waals surface area contributed by atoms with Gasteiger partial charge in [-0.05, 0) is 6.92 Å². The van der Waals surface area contributed by atoms with Gasteiger partial charge in [0.15, 0.2) is 0 Å². The molecule has 17 heavy (non-hydrogen) atoms. The van der Waals surface area contributed by atoms with E-state index in [2.05, 4.69) is 15.5 Å². The summed E-state index contributed by atoms with van der Waals surface area (Å²) < 4.78 is 0. The average molecular weight is 274 g/mol. The van der Waals surface area contributed by atoms with Crippen LogP contribution in [-0.4, -0.2) is 49.9 Å². The van der Waals surface area contributed by atoms with Crippen LogP contribution in [0, 0.1) is 6.92 Å². The number of nitrogens with one attached hydrogen (secondary N) is 1. The van der Waals surface area contributed by atoms with Crippen molar-refractivity contribution >= 4 is 40.2 Å². The largest absolute Gasteiger partial charge is 0.480 e. The lowest BCUT2D eigenvalue weighted by Crippen LogP contribution is -2.43. The van der Waals surface area contributed by atoms with Crippen molar-refractivity contribution in [2.45, 2.75) is 13.0 Å². The molecule has 92 valence electrons. The topological polar surface area (TPSA) is 95.4 Å². The first-order valence-corrected chi connectivity index (χ1v) is 6.73. The smallest absolute Gasteiger partial charge is 0.327 e. The highest BCUT2D eigenvalue weighted by Gasteiger charge is 2.34. The van der Waals surface area contributed by atoms with Gasteiger partial charge in [0.25, 0.3) is 0 Å². The first-order chi connectivity index (χ1) is 8.08. The Labute approximate surface area is 105 Å². The summed E-state index contributed by atoms with van der Waals surface area (Å²) in [7, 11) is 0. The molecule has 1 atom stereocenters. The van der Waals surface area contributed by atoms with Gasteiger partial charge in [0.2, 0.25) is 5.13 Å². The predicted molar refractivity (Wildman–Crippen MR) is 64.3 cm³/mol. The molecule has 2 rings (SSSR count). The fourth-order valence-corrected chi connectivity index (χ4v) is 3.08. The molecule has 0 bridgehead atoms. The fourth-order valence-electron chi connectivity index (χ4n) is 1.36. The van der Waals surface area contributed by atoms with Crippen LogP contribution in [0.4, 0.5) is 9.93 Å². The molecule has 0 aromatic carbocycles. The van der Waals surface area contributed by atoms with E-state index in [0.717, 1.165) is 5.01 Å². The van der Waals surface area contributed by atoms with E-state index < -0.39 is 18.0 Å². The first kappa shape index (κ1) is 12.1. The molecule has 2 heterocycles. The van der Waals surface area contributed by atoms with Crippen molar-refractivity contribution in [2.75, 3.05) is 16.9 Å². The number of thioether (sulfide) groups is 1. The van der Waals surface area contributed by atoms with Gasteiger partial charge in [0.1, 0.15) is 11.0 Å². The molecule has 0 aliphatic carbocycles. The zero-order chi connectivity index (χ0) is 12.4. The molecule has 1 saturated heterocycles. The molecular formula is C8H10N4O3S2. The molecular weight excluding hydrogens is 264 g/mol. The Morgan fingerprint density at radius 3 is 2.88 bits per heavy atom. The fraction of sp³-hybridized carbons (Fsp3) is 0.500. The normalized spacial score (nSPS) is 19.4. The third kappa shape index (κ3) is 2.67. The summed E-state index contributed by atoms with van der Waals surface area (Å²) >= 11 is 2.66. The Hall–Kier alpha value is -1.35. The maximum Gasteiger partial charge on any atom is 0.327 e. The number of aromatic nitrogens is 2. The number of carboxylic acids is 1. The van der Waals surface area contributed by atoms with Gasteiger partial charge in [-0.2, -0.15) is 0 Å². The maximum atomic E-state index is 11.8. The molecule has 1 aliphatic heterocycles. The van der Waals surface area contributed by atoms with Gasteiger partial charge < -0.3 is 10.0 Å². The maximum absolute atomic E-state index is 11.8. The summed E-state index contributed by atoms with van der Waals surface area (Å²) in [5.41, 5.74) is 0. The number of hydrogen-bond donors (Lipinski definition) is 2. The van der Waals surface area contributed by atoms with Crippen molar-refractivity contribution in [2.24, 2.45) is 0 Å². The van der Waals surface area contributed by atoms with E-state index in [1.165, 1.54) is 28.0 Å². The van der Waals surface area contributed by atoms with Crippen LogP contribution in [0.2, 0.25) is 0 Å². The number of rotatable bonds is 2. The van der Waals surface area contributed by atoms with E-state index in [1.54, 1.807) is 6.92 Å². The highest BCUT2D eigenvalue weighted by molar-refractivity contribution is 7.99. The molecule has 0 saturated carbocycles. The summed E-state index contributed by atoms with van der Waals surface area (Å²) in [6, 6.07) is -1.22. The van der Waals surface area contributed by atoms with Gasteiger partial charge in [-0.3, -0.25) is 5.32 Å². The van der Waals surface area contributed by atoms with Crippen LogP contribution in [0.3, 0.4) is 0 Å². The number of nitrogens with zero attached hydrogens (tertiary/aromatic N) is 3. The van der Waals surface area contributed by atoms with Crippen molar-refractivity contribution in [3.63, 3.8) is 0 Å². The third-order valence-electron chi connectivity index (χ3n) is 2.17. The summed E-state index contributed by atoms with van der Waals surface area (Å²) in [5.74, 6) is -0.197. The lowest BCUT2D eigenvalue weighted by Gasteiger charge is -2.19. The predicted octanol–water partition coefficient (Wildman–Crippen LogP) is 0.838. The van der Waals surface area contributed by atoms with Gasteiger partial charge >= 0.3 is 12.0 Å². The first-order valence-electron chi connectivity index (χ1n) is 4.76. The SMILES string of the molecule is Cc1nnc(NC(=O)N2CSC[C@H]2C(=O)O)s1. The van der Waals surface area contributed by atoms with Gasteiger partial charge in [-0.25, -0.2) is 9.59 Å². The van der Waals surface area contributed by atoms with Crippen LogP contribution in [0.5, 0.6) is 0 Å². The van der Waals surface area contributed by atoms with Crippen molar-refractivity contribution in [1.82, 2.24) is 15.1 Å². The molecule has 2 N–H and O–H groups in total. The third-order valence-corrected chi connectivity index (χ3v) is 3.93. The number of carboxylic acid groups (broad SMARTS) is 1. The van der Waals surface area contributed by atoms with Crippen LogP contribution in [0.25, 0.3) is 0 Å². The minimum Gasteiger partial charge on any atom is -0.480 e. The second-order valence-electron chi connectivity index (χ2n) is 3.38. The number of aliphatic carboxylic acids is 1. The molecule has 1 fully saturated rings. The van der Waals surface area contributed by atoms with Crippen molar-refractivity contribution in [3.8, 4) is 0 Å². The number of aryl methyl sites for hydroxylation is 1. The quantitative estimate of drug-likeness (QED) is 0.829. The standard InChI is InChI=1S/C8H10N4O3S2/c1-4-10-11-7(17-4)9-8(15)12-3-16-2-5(12)6(13)14/h5H,2-3H2,1H3,(H,13,14)(H,9,11,15)/t5-/m0/s1. The van der Waals surface area contributed by atoms with Crippen LogP contribution in [0.1, 0.15) is 5.01 Å². The van der Waals surface area contributed by atoms with Gasteiger partial charge in [0.05, 0.1) is 5.88 Å². The second-order valence-corrected chi connectivity index (χ2v) is 5.56. The highest BCUT2D eigenvalue weighted by atomic mass is 32.2. The molecule has 1 aromatic rings. The molecule has 1 aromatic heterocycles. The lowest BCUT2D eigenvalue weighted by molar-refractivity contribution is -0.140. The number of anilines is 1. The Morgan fingerprint density at radius 2 is 2.29 bits per heavy atom. The Balaban J connectivity index is 2.02. The van der Waals surface area contributed by atoms with E-state index in [0.29, 0.717) is 16.8 Å². The molecule has 0 spiro atoms. The molecule has 0 unspecified atom stereocenters. The zero-order valence-corrected chi connectivity index (χ0v) is 10.5. The second kappa shape index (κ2) is 4.88. The van der Waals surface area contributed by atoms with Crippen molar-refractivity contribution in [3.05, 3.63) is 5.01 Å². The van der Waals surface area contributed by atoms with E-state index in [9.17, 15) is 9.59 Å². The number of amides is 2. The van der Waals surface area contributed by atoms with Crippen LogP contribution in [0.15, 0.2) is 0 Å². The van der Waals surface area contributed by atoms with Crippen LogP contribution < -0.4 is 5.32 Å². The summed E-state index contributed by atoms with van der Waals surface area (Å²) in [6.07, 6.45) is 0. The van der Waals surface area contributed by atoms with Crippen molar-refractivity contribution in [1.29, 1.82) is 0 Å². The minimum absolute atomic E-state index is 0.376. The Bertz CT molecular complexity index is 450. The van der Waals surface area contributed by atoms with Gasteiger partial charge in [-0.15, -0.1) is 22.0 Å². The number of urea groups is 1. The average Bonchev–Trinajstić information content (AvgIpc) is 2.86. The zero-order valence-electron chi connectivity index (χ0n) is 8.91. The molecule has 9 heteroatoms. The monoisotopic (exact) mass is 274 g/mol.